The summed E-state index contributed by atoms with van der Waals surface area (Å²) in [5.41, 5.74) is 4.45. The van der Waals surface area contributed by atoms with E-state index in [0.29, 0.717) is 18.7 Å². The Morgan fingerprint density at radius 3 is 2.56 bits per heavy atom. The lowest BCUT2D eigenvalue weighted by molar-refractivity contribution is -0.188. The largest absolute Gasteiger partial charge is 0.481 e. The van der Waals surface area contributed by atoms with Crippen LogP contribution in [0.1, 0.15) is 66.9 Å². The number of imidazole rings is 1. The van der Waals surface area contributed by atoms with E-state index in [1.165, 1.54) is 0 Å². The topological polar surface area (TPSA) is 99.6 Å². The lowest BCUT2D eigenvalue weighted by atomic mass is 10.1. The fraction of sp³-hybridized carbons (Fsp3) is 0.323. The van der Waals surface area contributed by atoms with Crippen LogP contribution in [0, 0.1) is 11.8 Å². The minimum atomic E-state index is -0.795. The van der Waals surface area contributed by atoms with Crippen LogP contribution in [0.15, 0.2) is 71.5 Å². The van der Waals surface area contributed by atoms with Gasteiger partial charge in [0.15, 0.2) is 12.1 Å². The summed E-state index contributed by atoms with van der Waals surface area (Å²) < 4.78 is 19.5. The zero-order valence-corrected chi connectivity index (χ0v) is 21.9. The van der Waals surface area contributed by atoms with E-state index in [-0.39, 0.29) is 18.8 Å². The first kappa shape index (κ1) is 26.4. The molecule has 1 fully saturated rings. The number of aliphatic carboxylic acids is 1. The minimum Gasteiger partial charge on any atom is -0.481 e. The third-order valence-electron chi connectivity index (χ3n) is 6.60. The fourth-order valence-electron chi connectivity index (χ4n) is 4.49. The molecule has 3 heterocycles. The molecule has 0 aliphatic carbocycles. The first-order chi connectivity index (χ1) is 19.0. The average Bonchev–Trinajstić information content (AvgIpc) is 3.62. The number of carboxylic acid groups (broad SMARTS) is 1. The Balaban J connectivity index is 1.19. The van der Waals surface area contributed by atoms with Crippen molar-refractivity contribution in [1.29, 1.82) is 0 Å². The van der Waals surface area contributed by atoms with Crippen LogP contribution in [0.25, 0.3) is 11.3 Å². The van der Waals surface area contributed by atoms with Gasteiger partial charge < -0.3 is 23.7 Å². The molecule has 1 unspecified atom stereocenters. The van der Waals surface area contributed by atoms with Crippen molar-refractivity contribution in [3.8, 4) is 23.2 Å². The molecule has 0 amide bonds. The smallest absolute Gasteiger partial charge is 0.303 e. The highest BCUT2D eigenvalue weighted by Crippen LogP contribution is 2.25. The second-order valence-corrected chi connectivity index (χ2v) is 9.59. The minimum absolute atomic E-state index is 0.124. The number of nitrogens with zero attached hydrogens (tertiary/aromatic N) is 3. The number of hydrogen-bond donors (Lipinski definition) is 1. The molecule has 1 N–H and O–H groups in total. The normalized spacial score (nSPS) is 15.9. The van der Waals surface area contributed by atoms with E-state index in [4.69, 9.17) is 19.1 Å². The van der Waals surface area contributed by atoms with Crippen molar-refractivity contribution in [3.05, 3.63) is 95.2 Å². The van der Waals surface area contributed by atoms with E-state index in [1.54, 1.807) is 6.20 Å². The van der Waals surface area contributed by atoms with Crippen LogP contribution in [-0.2, 0) is 27.2 Å². The van der Waals surface area contributed by atoms with Crippen LogP contribution in [0.4, 0.5) is 0 Å². The second-order valence-electron chi connectivity index (χ2n) is 9.59. The highest BCUT2D eigenvalue weighted by atomic mass is 16.7. The number of benzene rings is 2. The van der Waals surface area contributed by atoms with Crippen molar-refractivity contribution in [3.63, 3.8) is 0 Å². The molecule has 0 spiro atoms. The summed E-state index contributed by atoms with van der Waals surface area (Å²) in [6.07, 6.45) is 7.06. The van der Waals surface area contributed by atoms with Crippen LogP contribution < -0.4 is 0 Å². The second kappa shape index (κ2) is 12.6. The van der Waals surface area contributed by atoms with Gasteiger partial charge in [0.1, 0.15) is 17.6 Å². The monoisotopic (exact) mass is 525 g/mol. The van der Waals surface area contributed by atoms with Gasteiger partial charge in [0, 0.05) is 48.2 Å². The molecule has 1 aliphatic rings. The molecule has 0 saturated carbocycles. The maximum atomic E-state index is 10.7. The summed E-state index contributed by atoms with van der Waals surface area (Å²) in [4.78, 5) is 15.2. The summed E-state index contributed by atoms with van der Waals surface area (Å²) in [5.74, 6) is 7.04. The van der Waals surface area contributed by atoms with Crippen molar-refractivity contribution < 1.29 is 23.9 Å². The maximum absolute atomic E-state index is 10.7. The van der Waals surface area contributed by atoms with Crippen LogP contribution >= 0.6 is 0 Å². The number of hydrogen-bond acceptors (Lipinski definition) is 6. The van der Waals surface area contributed by atoms with Crippen molar-refractivity contribution >= 4 is 5.97 Å². The summed E-state index contributed by atoms with van der Waals surface area (Å²) in [5, 5.41) is 13.1. The predicted octanol–water partition coefficient (Wildman–Crippen LogP) is 5.61. The van der Waals surface area contributed by atoms with Crippen molar-refractivity contribution in [2.75, 3.05) is 6.61 Å². The molecule has 1 aliphatic heterocycles. The number of aryl methyl sites for hydroxylation is 1. The van der Waals surface area contributed by atoms with Crippen molar-refractivity contribution in [2.24, 2.45) is 0 Å². The molecule has 8 heteroatoms. The molecular formula is C31H31N3O5. The molecule has 1 saturated heterocycles. The van der Waals surface area contributed by atoms with Gasteiger partial charge in [-0.3, -0.25) is 4.79 Å². The molecule has 39 heavy (non-hydrogen) atoms. The Kier molecular flexibility index (Phi) is 8.51. The van der Waals surface area contributed by atoms with Gasteiger partial charge in [-0.2, -0.15) is 0 Å². The Bertz CT molecular complexity index is 1440. The van der Waals surface area contributed by atoms with Crippen LogP contribution in [0.3, 0.4) is 0 Å². The zero-order chi connectivity index (χ0) is 27.0. The maximum Gasteiger partial charge on any atom is 0.303 e. The van der Waals surface area contributed by atoms with Gasteiger partial charge in [-0.05, 0) is 74.6 Å². The molecule has 0 bridgehead atoms. The highest BCUT2D eigenvalue weighted by molar-refractivity contribution is 5.67. The number of rotatable bonds is 9. The Hall–Kier alpha value is -4.19. The van der Waals surface area contributed by atoms with Crippen LogP contribution in [0.5, 0.6) is 0 Å². The first-order valence-corrected chi connectivity index (χ1v) is 13.2. The third-order valence-corrected chi connectivity index (χ3v) is 6.60. The molecule has 4 aromatic rings. The third kappa shape index (κ3) is 7.23. The molecule has 2 aromatic heterocycles. The van der Waals surface area contributed by atoms with E-state index in [1.807, 2.05) is 72.3 Å². The zero-order valence-electron chi connectivity index (χ0n) is 21.9. The van der Waals surface area contributed by atoms with Gasteiger partial charge in [-0.1, -0.05) is 29.1 Å². The number of ether oxygens (including phenoxy) is 2. The van der Waals surface area contributed by atoms with Gasteiger partial charge >= 0.3 is 5.97 Å². The van der Waals surface area contributed by atoms with Gasteiger partial charge in [0.05, 0.1) is 6.54 Å². The van der Waals surface area contributed by atoms with Gasteiger partial charge in [-0.25, -0.2) is 4.98 Å². The molecule has 5 rings (SSSR count). The molecule has 8 nitrogen and oxygen atoms in total. The summed E-state index contributed by atoms with van der Waals surface area (Å²) in [6.45, 7) is 3.26. The highest BCUT2D eigenvalue weighted by Gasteiger charge is 2.21. The predicted molar refractivity (Wildman–Crippen MR) is 145 cm³/mol. The number of carbonyl (C=O) groups is 1. The Labute approximate surface area is 227 Å². The number of carboxylic acids is 1. The standard InChI is InChI=1S/C31H31N3O5/c1-22(38-30-4-2-3-19-37-30)31-32-17-18-34(31)21-27-20-28(39-33-27)26-14-11-25(12-15-26)10-7-23-5-8-24(9-6-23)13-16-29(35)36/h5-6,8-9,11-12,14-15,17-18,20,22,30H,2-4,13,16,19,21H2,1H3,(H,35,36)/t22-,30?/m0/s1. The molecule has 200 valence electrons. The Morgan fingerprint density at radius 1 is 1.13 bits per heavy atom. The first-order valence-electron chi connectivity index (χ1n) is 13.2. The summed E-state index contributed by atoms with van der Waals surface area (Å²) in [7, 11) is 0. The summed E-state index contributed by atoms with van der Waals surface area (Å²) >= 11 is 0. The Morgan fingerprint density at radius 2 is 1.87 bits per heavy atom. The molecule has 2 atom stereocenters. The van der Waals surface area contributed by atoms with Gasteiger partial charge in [0.25, 0.3) is 0 Å². The van der Waals surface area contributed by atoms with E-state index in [9.17, 15) is 4.79 Å². The van der Waals surface area contributed by atoms with E-state index in [2.05, 4.69) is 22.0 Å². The van der Waals surface area contributed by atoms with Crippen LogP contribution in [-0.4, -0.2) is 38.7 Å². The molecule has 2 aromatic carbocycles. The SMILES string of the molecule is C[C@H](OC1CCCCO1)c1nccn1Cc1cc(-c2ccc(C#Cc3ccc(CCC(=O)O)cc3)cc2)on1. The molecule has 0 radical (unpaired) electrons. The van der Waals surface area contributed by atoms with Gasteiger partial charge in [-0.15, -0.1) is 0 Å². The lowest BCUT2D eigenvalue weighted by Gasteiger charge is -2.26. The number of aromatic nitrogens is 3. The summed E-state index contributed by atoms with van der Waals surface area (Å²) in [6, 6.07) is 17.4. The average molecular weight is 526 g/mol. The fourth-order valence-corrected chi connectivity index (χ4v) is 4.49. The van der Waals surface area contributed by atoms with E-state index < -0.39 is 5.97 Å². The van der Waals surface area contributed by atoms with Crippen LogP contribution in [0.2, 0.25) is 0 Å². The van der Waals surface area contributed by atoms with E-state index in [0.717, 1.165) is 59.6 Å². The molecular weight excluding hydrogens is 494 g/mol. The van der Waals surface area contributed by atoms with Crippen molar-refractivity contribution in [2.45, 2.75) is 58.0 Å². The quantitative estimate of drug-likeness (QED) is 0.284. The lowest BCUT2D eigenvalue weighted by Crippen LogP contribution is -2.24. The van der Waals surface area contributed by atoms with Gasteiger partial charge in [0.2, 0.25) is 0 Å². The van der Waals surface area contributed by atoms with Crippen molar-refractivity contribution in [1.82, 2.24) is 14.7 Å². The van der Waals surface area contributed by atoms with E-state index >= 15 is 0 Å².